The number of halogens is 3. The number of nitrogens with one attached hydrogen (secondary N) is 2. The summed E-state index contributed by atoms with van der Waals surface area (Å²) in [5.74, 6) is -1.76. The number of anilines is 1. The predicted molar refractivity (Wildman–Crippen MR) is 170 cm³/mol. The SMILES string of the molecule is CCCCCCCCNC(=O)Nc1cc(C(F)(F)F)ccc1Oc1ccccc1C(=O)[O-].OC(c1ccccc1)c1ccccc1. The van der Waals surface area contributed by atoms with Crippen molar-refractivity contribution in [2.75, 3.05) is 11.9 Å². The van der Waals surface area contributed by atoms with Crippen LogP contribution in [0.15, 0.2) is 103 Å². The van der Waals surface area contributed by atoms with Crippen LogP contribution in [-0.4, -0.2) is 23.7 Å². The Hall–Kier alpha value is -4.83. The molecule has 0 fully saturated rings. The van der Waals surface area contributed by atoms with Gasteiger partial charge in [0.15, 0.2) is 5.75 Å². The van der Waals surface area contributed by atoms with Crippen molar-refractivity contribution >= 4 is 17.7 Å². The van der Waals surface area contributed by atoms with Crippen LogP contribution in [0, 0.1) is 0 Å². The molecular weight excluding hydrogens is 597 g/mol. The summed E-state index contributed by atoms with van der Waals surface area (Å²) in [7, 11) is 0. The summed E-state index contributed by atoms with van der Waals surface area (Å²) in [4.78, 5) is 23.5. The largest absolute Gasteiger partial charge is 0.545 e. The molecule has 0 aliphatic carbocycles. The van der Waals surface area contributed by atoms with Gasteiger partial charge in [-0.2, -0.15) is 13.2 Å². The highest BCUT2D eigenvalue weighted by molar-refractivity contribution is 5.92. The second-order valence-electron chi connectivity index (χ2n) is 10.5. The van der Waals surface area contributed by atoms with Crippen molar-refractivity contribution in [1.29, 1.82) is 0 Å². The van der Waals surface area contributed by atoms with Crippen molar-refractivity contribution in [1.82, 2.24) is 5.32 Å². The van der Waals surface area contributed by atoms with Gasteiger partial charge in [0.05, 0.1) is 17.2 Å². The third-order valence-electron chi connectivity index (χ3n) is 6.93. The molecule has 0 atom stereocenters. The van der Waals surface area contributed by atoms with E-state index in [0.717, 1.165) is 67.9 Å². The standard InChI is InChI=1S/C23H27F3N2O4.C13H12O/c1-2-3-4-5-6-9-14-27-22(31)28-18-15-16(23(24,25)26)12-13-20(18)32-19-11-8-7-10-17(19)21(29)30;14-13(11-7-3-1-4-8-11)12-9-5-2-6-10-12/h7-8,10-13,15H,2-6,9,14H2,1H3,(H,29,30)(H2,27,28,31);1-10,13-14H/p-1. The van der Waals surface area contributed by atoms with Crippen molar-refractivity contribution in [3.63, 3.8) is 0 Å². The first-order valence-corrected chi connectivity index (χ1v) is 15.1. The number of rotatable bonds is 13. The second-order valence-corrected chi connectivity index (χ2v) is 10.5. The van der Waals surface area contributed by atoms with Gasteiger partial charge in [0.1, 0.15) is 11.9 Å². The van der Waals surface area contributed by atoms with Crippen molar-refractivity contribution in [2.45, 2.75) is 57.7 Å². The number of carboxylic acids is 1. The molecule has 0 aromatic heterocycles. The van der Waals surface area contributed by atoms with Crippen LogP contribution in [0.1, 0.15) is 78.6 Å². The minimum atomic E-state index is -4.63. The third kappa shape index (κ3) is 11.6. The first kappa shape index (κ1) is 35.6. The summed E-state index contributed by atoms with van der Waals surface area (Å²) in [5.41, 5.74) is 0.362. The van der Waals surface area contributed by atoms with E-state index in [4.69, 9.17) is 4.74 Å². The van der Waals surface area contributed by atoms with E-state index in [0.29, 0.717) is 6.54 Å². The maximum atomic E-state index is 13.2. The number of urea groups is 1. The molecule has 0 radical (unpaired) electrons. The normalized spacial score (nSPS) is 10.9. The molecule has 46 heavy (non-hydrogen) atoms. The number of carboxylic acid groups (broad SMARTS) is 1. The Labute approximate surface area is 267 Å². The van der Waals surface area contributed by atoms with Gasteiger partial charge in [-0.05, 0) is 47.9 Å². The number of alkyl halides is 3. The van der Waals surface area contributed by atoms with Gasteiger partial charge in [0, 0.05) is 12.1 Å². The van der Waals surface area contributed by atoms with Crippen LogP contribution in [0.2, 0.25) is 0 Å². The van der Waals surface area contributed by atoms with E-state index in [9.17, 15) is 33.0 Å². The van der Waals surface area contributed by atoms with E-state index in [2.05, 4.69) is 17.6 Å². The summed E-state index contributed by atoms with van der Waals surface area (Å²) in [6.45, 7) is 2.50. The smallest absolute Gasteiger partial charge is 0.416 e. The van der Waals surface area contributed by atoms with E-state index in [1.54, 1.807) is 0 Å². The van der Waals surface area contributed by atoms with Gasteiger partial charge >= 0.3 is 12.2 Å². The number of aromatic carboxylic acids is 1. The maximum Gasteiger partial charge on any atom is 0.416 e. The lowest BCUT2D eigenvalue weighted by molar-refractivity contribution is -0.255. The van der Waals surface area contributed by atoms with Crippen molar-refractivity contribution in [3.8, 4) is 11.5 Å². The molecule has 7 nitrogen and oxygen atoms in total. The minimum Gasteiger partial charge on any atom is -0.545 e. The zero-order valence-electron chi connectivity index (χ0n) is 25.6. The summed E-state index contributed by atoms with van der Waals surface area (Å²) in [6, 6.07) is 26.7. The number of amides is 2. The van der Waals surface area contributed by atoms with Gasteiger partial charge in [-0.1, -0.05) is 112 Å². The van der Waals surface area contributed by atoms with E-state index >= 15 is 0 Å². The molecule has 2 amide bonds. The Morgan fingerprint density at radius 1 is 0.783 bits per heavy atom. The lowest BCUT2D eigenvalue weighted by atomic mass is 10.0. The van der Waals surface area contributed by atoms with Crippen LogP contribution in [0.3, 0.4) is 0 Å². The number of aliphatic hydroxyl groups is 1. The Kier molecular flexibility index (Phi) is 14.1. The van der Waals surface area contributed by atoms with Crippen LogP contribution in [0.5, 0.6) is 11.5 Å². The van der Waals surface area contributed by atoms with Crippen LogP contribution < -0.4 is 20.5 Å². The molecule has 0 spiro atoms. The van der Waals surface area contributed by atoms with Gasteiger partial charge in [-0.3, -0.25) is 0 Å². The van der Waals surface area contributed by atoms with E-state index < -0.39 is 29.8 Å². The van der Waals surface area contributed by atoms with Crippen LogP contribution in [0.25, 0.3) is 0 Å². The number of carbonyl (C=O) groups is 2. The molecule has 0 aliphatic rings. The van der Waals surface area contributed by atoms with Crippen LogP contribution in [-0.2, 0) is 6.18 Å². The molecule has 3 N–H and O–H groups in total. The number of ether oxygens (including phenoxy) is 1. The predicted octanol–water partition coefficient (Wildman–Crippen LogP) is 8.11. The monoisotopic (exact) mass is 635 g/mol. The summed E-state index contributed by atoms with van der Waals surface area (Å²) < 4.78 is 45.0. The van der Waals surface area contributed by atoms with Crippen molar-refractivity contribution in [3.05, 3.63) is 125 Å². The Balaban J connectivity index is 0.000000339. The molecule has 0 saturated carbocycles. The Morgan fingerprint density at radius 2 is 1.35 bits per heavy atom. The molecule has 4 aromatic rings. The number of unbranched alkanes of at least 4 members (excludes halogenated alkanes) is 5. The van der Waals surface area contributed by atoms with Gasteiger partial charge < -0.3 is 30.4 Å². The topological polar surface area (TPSA) is 111 Å². The van der Waals surface area contributed by atoms with Gasteiger partial charge in [0.2, 0.25) is 0 Å². The number of hydrogen-bond donors (Lipinski definition) is 3. The number of carbonyl (C=O) groups excluding carboxylic acids is 2. The summed E-state index contributed by atoms with van der Waals surface area (Å²) in [6.07, 6.45) is 1.02. The van der Waals surface area contributed by atoms with Gasteiger partial charge in [-0.25, -0.2) is 4.79 Å². The zero-order valence-corrected chi connectivity index (χ0v) is 25.6. The van der Waals surface area contributed by atoms with E-state index in [-0.39, 0.29) is 22.7 Å². The third-order valence-corrected chi connectivity index (χ3v) is 6.93. The Morgan fingerprint density at radius 3 is 1.93 bits per heavy atom. The first-order chi connectivity index (χ1) is 22.1. The number of aliphatic hydroxyl groups excluding tert-OH is 1. The van der Waals surface area contributed by atoms with Crippen molar-refractivity contribution in [2.24, 2.45) is 0 Å². The zero-order chi connectivity index (χ0) is 33.4. The fourth-order valence-electron chi connectivity index (χ4n) is 4.47. The minimum absolute atomic E-state index is 0.122. The number of para-hydroxylation sites is 1. The Bertz CT molecular complexity index is 1480. The molecule has 0 saturated heterocycles. The van der Waals surface area contributed by atoms with Crippen molar-refractivity contribution < 1.29 is 37.7 Å². The fourth-order valence-corrected chi connectivity index (χ4v) is 4.47. The lowest BCUT2D eigenvalue weighted by Crippen LogP contribution is -2.29. The molecule has 0 unspecified atom stereocenters. The average Bonchev–Trinajstić information content (AvgIpc) is 3.05. The van der Waals surface area contributed by atoms with E-state index in [1.165, 1.54) is 24.3 Å². The highest BCUT2D eigenvalue weighted by Crippen LogP contribution is 2.37. The number of benzene rings is 4. The van der Waals surface area contributed by atoms with Crippen LogP contribution in [0.4, 0.5) is 23.7 Å². The molecule has 0 aliphatic heterocycles. The highest BCUT2D eigenvalue weighted by atomic mass is 19.4. The molecule has 4 aromatic carbocycles. The van der Waals surface area contributed by atoms with Gasteiger partial charge in [-0.15, -0.1) is 0 Å². The fraction of sp³-hybridized carbons (Fsp3) is 0.278. The first-order valence-electron chi connectivity index (χ1n) is 15.1. The van der Waals surface area contributed by atoms with Gasteiger partial charge in [0.25, 0.3) is 0 Å². The molecule has 10 heteroatoms. The lowest BCUT2D eigenvalue weighted by Gasteiger charge is -2.17. The second kappa shape index (κ2) is 18.2. The summed E-state index contributed by atoms with van der Waals surface area (Å²) >= 11 is 0. The molecule has 0 heterocycles. The molecule has 244 valence electrons. The van der Waals surface area contributed by atoms with E-state index in [1.807, 2.05) is 60.7 Å². The highest BCUT2D eigenvalue weighted by Gasteiger charge is 2.31. The molecule has 4 rings (SSSR count). The average molecular weight is 636 g/mol. The quantitative estimate of drug-likeness (QED) is 0.129. The molecule has 0 bridgehead atoms. The van der Waals surface area contributed by atoms with Crippen LogP contribution >= 0.6 is 0 Å². The maximum absolute atomic E-state index is 13.2. The summed E-state index contributed by atoms with van der Waals surface area (Å²) in [5, 5.41) is 26.2. The number of hydrogen-bond acceptors (Lipinski definition) is 5. The molecular formula is C36H38F3N2O5-.